The van der Waals surface area contributed by atoms with E-state index in [-0.39, 0.29) is 6.42 Å². The zero-order chi connectivity index (χ0) is 11.0. The lowest BCUT2D eigenvalue weighted by molar-refractivity contribution is -0.143. The third-order valence-corrected chi connectivity index (χ3v) is 2.47. The number of hydrogen-bond acceptors (Lipinski definition) is 2. The van der Waals surface area contributed by atoms with Crippen LogP contribution in [-0.4, -0.2) is 21.8 Å². The normalized spacial score (nSPS) is 11.6. The van der Waals surface area contributed by atoms with Crippen molar-refractivity contribution < 1.29 is 15.0 Å². The molecule has 0 fully saturated rings. The summed E-state index contributed by atoms with van der Waals surface area (Å²) in [5.74, 6) is -0.903. The lowest BCUT2D eigenvalue weighted by Crippen LogP contribution is -2.31. The molecule has 0 aromatic heterocycles. The van der Waals surface area contributed by atoms with E-state index in [9.17, 15) is 9.90 Å². The van der Waals surface area contributed by atoms with E-state index in [0.717, 1.165) is 25.7 Å². The fourth-order valence-electron chi connectivity index (χ4n) is 1.59. The monoisotopic (exact) mass is 202 g/mol. The highest BCUT2D eigenvalue weighted by atomic mass is 16.4. The van der Waals surface area contributed by atoms with Gasteiger partial charge in [-0.05, 0) is 12.8 Å². The third-order valence-electron chi connectivity index (χ3n) is 2.47. The number of carbonyl (C=O) groups is 1. The second kappa shape index (κ2) is 6.82. The maximum Gasteiger partial charge on any atom is 0.306 e. The number of rotatable bonds is 8. The van der Waals surface area contributed by atoms with E-state index in [2.05, 4.69) is 0 Å². The largest absolute Gasteiger partial charge is 0.481 e. The van der Waals surface area contributed by atoms with Gasteiger partial charge in [-0.3, -0.25) is 4.79 Å². The Morgan fingerprint density at radius 1 is 1.14 bits per heavy atom. The van der Waals surface area contributed by atoms with Crippen LogP contribution in [0, 0.1) is 0 Å². The highest BCUT2D eigenvalue weighted by Crippen LogP contribution is 2.25. The van der Waals surface area contributed by atoms with Crippen LogP contribution in [0.3, 0.4) is 0 Å². The molecular weight excluding hydrogens is 180 g/mol. The van der Waals surface area contributed by atoms with E-state index in [0.29, 0.717) is 12.8 Å². The number of unbranched alkanes of at least 4 members (excludes halogenated alkanes) is 2. The highest BCUT2D eigenvalue weighted by Gasteiger charge is 2.28. The summed E-state index contributed by atoms with van der Waals surface area (Å²) in [7, 11) is 0. The minimum Gasteiger partial charge on any atom is -0.481 e. The lowest BCUT2D eigenvalue weighted by Gasteiger charge is -2.26. The molecule has 0 heterocycles. The Labute approximate surface area is 86.1 Å². The van der Waals surface area contributed by atoms with Crippen LogP contribution >= 0.6 is 0 Å². The molecule has 0 amide bonds. The minimum atomic E-state index is -0.974. The van der Waals surface area contributed by atoms with Crippen molar-refractivity contribution in [2.45, 2.75) is 64.4 Å². The predicted molar refractivity (Wildman–Crippen MR) is 56.3 cm³/mol. The van der Waals surface area contributed by atoms with Crippen molar-refractivity contribution in [2.24, 2.45) is 0 Å². The minimum absolute atomic E-state index is 0.118. The Morgan fingerprint density at radius 2 is 1.57 bits per heavy atom. The Balaban J connectivity index is 4.09. The zero-order valence-corrected chi connectivity index (χ0v) is 9.25. The molecule has 0 aliphatic heterocycles. The van der Waals surface area contributed by atoms with Gasteiger partial charge in [-0.15, -0.1) is 0 Å². The van der Waals surface area contributed by atoms with Crippen LogP contribution in [0.15, 0.2) is 0 Å². The summed E-state index contributed by atoms with van der Waals surface area (Å²) in [5, 5.41) is 18.8. The number of carboxylic acid groups (broad SMARTS) is 1. The second-order valence-corrected chi connectivity index (χ2v) is 4.00. The van der Waals surface area contributed by atoms with Crippen LogP contribution in [0.4, 0.5) is 0 Å². The Bertz CT molecular complexity index is 158. The van der Waals surface area contributed by atoms with E-state index < -0.39 is 11.6 Å². The molecule has 0 saturated heterocycles. The molecule has 2 N–H and O–H groups in total. The molecule has 0 saturated carbocycles. The van der Waals surface area contributed by atoms with Crippen LogP contribution in [0.25, 0.3) is 0 Å². The van der Waals surface area contributed by atoms with E-state index >= 15 is 0 Å². The molecule has 3 nitrogen and oxygen atoms in total. The van der Waals surface area contributed by atoms with E-state index in [1.54, 1.807) is 0 Å². The molecule has 0 unspecified atom stereocenters. The average molecular weight is 202 g/mol. The molecule has 0 spiro atoms. The summed E-state index contributed by atoms with van der Waals surface area (Å²) >= 11 is 0. The molecule has 0 aliphatic carbocycles. The van der Waals surface area contributed by atoms with Crippen LogP contribution in [0.5, 0.6) is 0 Å². The average Bonchev–Trinajstić information content (AvgIpc) is 2.11. The second-order valence-electron chi connectivity index (χ2n) is 4.00. The fraction of sp³-hybridized carbons (Fsp3) is 0.909. The maximum absolute atomic E-state index is 10.6. The molecular formula is C11H22O3. The first-order valence-electron chi connectivity index (χ1n) is 5.48. The summed E-state index contributed by atoms with van der Waals surface area (Å²) in [6.07, 6.45) is 4.88. The molecule has 84 valence electrons. The highest BCUT2D eigenvalue weighted by molar-refractivity contribution is 5.68. The summed E-state index contributed by atoms with van der Waals surface area (Å²) in [6, 6.07) is 0. The van der Waals surface area contributed by atoms with E-state index in [4.69, 9.17) is 5.11 Å². The molecule has 14 heavy (non-hydrogen) atoms. The topological polar surface area (TPSA) is 57.5 Å². The predicted octanol–water partition coefficient (Wildman–Crippen LogP) is 2.57. The van der Waals surface area contributed by atoms with Crippen molar-refractivity contribution in [3.05, 3.63) is 0 Å². The van der Waals surface area contributed by atoms with Gasteiger partial charge in [-0.2, -0.15) is 0 Å². The summed E-state index contributed by atoms with van der Waals surface area (Å²) < 4.78 is 0. The first-order chi connectivity index (χ1) is 6.54. The summed E-state index contributed by atoms with van der Waals surface area (Å²) in [4.78, 5) is 10.6. The SMILES string of the molecule is CCCCC(O)(CCCC)CC(=O)O. The van der Waals surface area contributed by atoms with Gasteiger partial charge in [-0.25, -0.2) is 0 Å². The van der Waals surface area contributed by atoms with Crippen LogP contribution in [0.2, 0.25) is 0 Å². The summed E-state index contributed by atoms with van der Waals surface area (Å²) in [6.45, 7) is 4.09. The number of hydrogen-bond donors (Lipinski definition) is 2. The van der Waals surface area contributed by atoms with Gasteiger partial charge >= 0.3 is 5.97 Å². The molecule has 0 aromatic carbocycles. The van der Waals surface area contributed by atoms with Gasteiger partial charge in [0.1, 0.15) is 0 Å². The Morgan fingerprint density at radius 3 is 1.86 bits per heavy atom. The third kappa shape index (κ3) is 5.97. The molecule has 0 radical (unpaired) electrons. The van der Waals surface area contributed by atoms with Gasteiger partial charge in [0.25, 0.3) is 0 Å². The molecule has 0 bridgehead atoms. The standard InChI is InChI=1S/C11H22O3/c1-3-5-7-11(14,8-6-4-2)9-10(12)13/h14H,3-9H2,1-2H3,(H,12,13). The van der Waals surface area contributed by atoms with Crippen LogP contribution in [0.1, 0.15) is 58.8 Å². The molecule has 0 aliphatic rings. The Hall–Kier alpha value is -0.570. The van der Waals surface area contributed by atoms with E-state index in [1.165, 1.54) is 0 Å². The number of aliphatic hydroxyl groups is 1. The van der Waals surface area contributed by atoms with Crippen molar-refractivity contribution in [3.63, 3.8) is 0 Å². The Kier molecular flexibility index (Phi) is 6.54. The van der Waals surface area contributed by atoms with Gasteiger partial charge < -0.3 is 10.2 Å². The first-order valence-corrected chi connectivity index (χ1v) is 5.48. The number of aliphatic carboxylic acids is 1. The van der Waals surface area contributed by atoms with Crippen LogP contribution in [-0.2, 0) is 4.79 Å². The van der Waals surface area contributed by atoms with Crippen molar-refractivity contribution >= 4 is 5.97 Å². The van der Waals surface area contributed by atoms with Crippen molar-refractivity contribution in [1.29, 1.82) is 0 Å². The first kappa shape index (κ1) is 13.4. The zero-order valence-electron chi connectivity index (χ0n) is 9.25. The number of carboxylic acids is 1. The van der Waals surface area contributed by atoms with Gasteiger partial charge in [-0.1, -0.05) is 39.5 Å². The molecule has 0 rings (SSSR count). The smallest absolute Gasteiger partial charge is 0.306 e. The van der Waals surface area contributed by atoms with Crippen molar-refractivity contribution in [3.8, 4) is 0 Å². The molecule has 0 aromatic rings. The van der Waals surface area contributed by atoms with Gasteiger partial charge in [0.05, 0.1) is 12.0 Å². The van der Waals surface area contributed by atoms with Crippen molar-refractivity contribution in [2.75, 3.05) is 0 Å². The van der Waals surface area contributed by atoms with Gasteiger partial charge in [0.2, 0.25) is 0 Å². The molecule has 3 heteroatoms. The van der Waals surface area contributed by atoms with Crippen molar-refractivity contribution in [1.82, 2.24) is 0 Å². The van der Waals surface area contributed by atoms with Gasteiger partial charge in [0.15, 0.2) is 0 Å². The molecule has 0 atom stereocenters. The van der Waals surface area contributed by atoms with Crippen LogP contribution < -0.4 is 0 Å². The summed E-state index contributed by atoms with van der Waals surface area (Å²) in [5.41, 5.74) is -0.974. The lowest BCUT2D eigenvalue weighted by atomic mass is 9.88. The van der Waals surface area contributed by atoms with Gasteiger partial charge in [0, 0.05) is 0 Å². The maximum atomic E-state index is 10.6. The fourth-order valence-corrected chi connectivity index (χ4v) is 1.59. The quantitative estimate of drug-likeness (QED) is 0.636. The van der Waals surface area contributed by atoms with E-state index in [1.807, 2.05) is 13.8 Å².